The van der Waals surface area contributed by atoms with Crippen molar-refractivity contribution in [1.82, 2.24) is 14.7 Å². The largest absolute Gasteiger partial charge is 0.372 e. The van der Waals surface area contributed by atoms with Crippen molar-refractivity contribution in [1.29, 1.82) is 0 Å². The van der Waals surface area contributed by atoms with Gasteiger partial charge in [0.25, 0.3) is 0 Å². The van der Waals surface area contributed by atoms with E-state index >= 15 is 0 Å². The number of nitrogens with zero attached hydrogens (tertiary/aromatic N) is 3. The predicted molar refractivity (Wildman–Crippen MR) is 68.9 cm³/mol. The summed E-state index contributed by atoms with van der Waals surface area (Å²) in [4.78, 5) is 18.3. The molecule has 0 atom stereocenters. The van der Waals surface area contributed by atoms with Crippen LogP contribution in [0.25, 0.3) is 0 Å². The summed E-state index contributed by atoms with van der Waals surface area (Å²) < 4.78 is 0. The molecule has 0 aromatic rings. The second-order valence-corrected chi connectivity index (χ2v) is 5.23. The highest BCUT2D eigenvalue weighted by molar-refractivity contribution is 5.92. The molecule has 1 aliphatic carbocycles. The van der Waals surface area contributed by atoms with Crippen molar-refractivity contribution >= 4 is 5.78 Å². The molecule has 2 rings (SSSR count). The highest BCUT2D eigenvalue weighted by Crippen LogP contribution is 2.20. The van der Waals surface area contributed by atoms with Gasteiger partial charge in [-0.2, -0.15) is 0 Å². The number of likely N-dealkylation sites (N-methyl/N-ethyl adjacent to an activating group) is 1. The summed E-state index contributed by atoms with van der Waals surface area (Å²) in [5.41, 5.74) is 1.27. The Morgan fingerprint density at radius 3 is 2.41 bits per heavy atom. The minimum Gasteiger partial charge on any atom is -0.372 e. The zero-order valence-corrected chi connectivity index (χ0v) is 11.0. The Labute approximate surface area is 104 Å². The second-order valence-electron chi connectivity index (χ2n) is 5.23. The summed E-state index contributed by atoms with van der Waals surface area (Å²) in [5, 5.41) is 0. The van der Waals surface area contributed by atoms with Crippen molar-refractivity contribution in [2.24, 2.45) is 0 Å². The monoisotopic (exact) mass is 237 g/mol. The highest BCUT2D eigenvalue weighted by atomic mass is 16.1. The maximum absolute atomic E-state index is 11.2. The first kappa shape index (κ1) is 12.6. The number of carbonyl (C=O) groups excluding carboxylic acids is 1. The number of allylic oxidation sites excluding steroid dienone is 2. The van der Waals surface area contributed by atoms with Gasteiger partial charge < -0.3 is 9.80 Å². The molecule has 1 aliphatic heterocycles. The van der Waals surface area contributed by atoms with E-state index in [2.05, 4.69) is 28.8 Å². The summed E-state index contributed by atoms with van der Waals surface area (Å²) in [6, 6.07) is 0. The van der Waals surface area contributed by atoms with Gasteiger partial charge in [0.05, 0.1) is 0 Å². The van der Waals surface area contributed by atoms with E-state index in [0.29, 0.717) is 5.78 Å². The van der Waals surface area contributed by atoms with Crippen molar-refractivity contribution in [3.8, 4) is 0 Å². The van der Waals surface area contributed by atoms with E-state index in [1.165, 1.54) is 5.70 Å². The lowest BCUT2D eigenvalue weighted by molar-refractivity contribution is -0.114. The highest BCUT2D eigenvalue weighted by Gasteiger charge is 2.22. The molecule has 0 bridgehead atoms. The summed E-state index contributed by atoms with van der Waals surface area (Å²) in [6.07, 6.45) is 3.52. The van der Waals surface area contributed by atoms with Crippen molar-refractivity contribution in [3.63, 3.8) is 0 Å². The fraction of sp³-hybridized carbons (Fsp3) is 0.769. The molecule has 0 unspecified atom stereocenters. The van der Waals surface area contributed by atoms with Gasteiger partial charge in [-0.25, -0.2) is 0 Å². The third kappa shape index (κ3) is 3.54. The van der Waals surface area contributed by atoms with E-state index in [1.807, 2.05) is 6.08 Å². The third-order valence-electron chi connectivity index (χ3n) is 3.60. The molecule has 0 N–H and O–H groups in total. The van der Waals surface area contributed by atoms with Gasteiger partial charge in [-0.15, -0.1) is 0 Å². The Morgan fingerprint density at radius 2 is 1.88 bits per heavy atom. The molecular formula is C13H23N3O. The van der Waals surface area contributed by atoms with Gasteiger partial charge in [0, 0.05) is 57.5 Å². The van der Waals surface area contributed by atoms with Crippen LogP contribution in [0, 0.1) is 0 Å². The fourth-order valence-corrected chi connectivity index (χ4v) is 2.43. The summed E-state index contributed by atoms with van der Waals surface area (Å²) in [6.45, 7) is 6.68. The summed E-state index contributed by atoms with van der Waals surface area (Å²) >= 11 is 0. The standard InChI is InChI=1S/C13H23N3O/c1-14(2)5-6-15-7-9-16(10-8-15)12-3-4-13(17)11-12/h11H,3-10H2,1-2H3. The summed E-state index contributed by atoms with van der Waals surface area (Å²) in [5.74, 6) is 0.301. The van der Waals surface area contributed by atoms with Crippen molar-refractivity contribution in [2.75, 3.05) is 53.4 Å². The second kappa shape index (κ2) is 5.65. The number of hydrogen-bond donors (Lipinski definition) is 0. The molecule has 17 heavy (non-hydrogen) atoms. The van der Waals surface area contributed by atoms with Gasteiger partial charge in [-0.3, -0.25) is 9.69 Å². The molecule has 1 heterocycles. The Hall–Kier alpha value is -0.870. The first-order valence-electron chi connectivity index (χ1n) is 6.50. The smallest absolute Gasteiger partial charge is 0.157 e. The fourth-order valence-electron chi connectivity index (χ4n) is 2.43. The van der Waals surface area contributed by atoms with Crippen LogP contribution in [-0.4, -0.2) is 73.8 Å². The van der Waals surface area contributed by atoms with Crippen LogP contribution in [-0.2, 0) is 4.79 Å². The van der Waals surface area contributed by atoms with Gasteiger partial charge in [0.2, 0.25) is 0 Å². The van der Waals surface area contributed by atoms with Gasteiger partial charge in [-0.05, 0) is 20.5 Å². The molecule has 0 saturated carbocycles. The van der Waals surface area contributed by atoms with Crippen molar-refractivity contribution in [2.45, 2.75) is 12.8 Å². The number of carbonyl (C=O) groups is 1. The molecular weight excluding hydrogens is 214 g/mol. The topological polar surface area (TPSA) is 26.8 Å². The average molecular weight is 237 g/mol. The zero-order chi connectivity index (χ0) is 12.3. The van der Waals surface area contributed by atoms with Crippen LogP contribution < -0.4 is 0 Å². The number of piperazine rings is 1. The van der Waals surface area contributed by atoms with E-state index in [0.717, 1.165) is 52.1 Å². The van der Waals surface area contributed by atoms with Gasteiger partial charge in [-0.1, -0.05) is 0 Å². The van der Waals surface area contributed by atoms with Gasteiger partial charge >= 0.3 is 0 Å². The van der Waals surface area contributed by atoms with E-state index in [-0.39, 0.29) is 0 Å². The van der Waals surface area contributed by atoms with Crippen LogP contribution in [0.3, 0.4) is 0 Å². The van der Waals surface area contributed by atoms with Crippen molar-refractivity contribution < 1.29 is 4.79 Å². The molecule has 96 valence electrons. The molecule has 0 aromatic heterocycles. The first-order chi connectivity index (χ1) is 8.15. The molecule has 2 aliphatic rings. The molecule has 1 fully saturated rings. The van der Waals surface area contributed by atoms with Crippen LogP contribution in [0.15, 0.2) is 11.8 Å². The lowest BCUT2D eigenvalue weighted by atomic mass is 10.2. The van der Waals surface area contributed by atoms with Gasteiger partial charge in [0.1, 0.15) is 0 Å². The molecule has 4 heteroatoms. The average Bonchev–Trinajstić information content (AvgIpc) is 2.74. The van der Waals surface area contributed by atoms with Crippen molar-refractivity contribution in [3.05, 3.63) is 11.8 Å². The van der Waals surface area contributed by atoms with E-state index in [9.17, 15) is 4.79 Å². The zero-order valence-electron chi connectivity index (χ0n) is 11.0. The normalized spacial score (nSPS) is 22.4. The number of hydrogen-bond acceptors (Lipinski definition) is 4. The van der Waals surface area contributed by atoms with Gasteiger partial charge in [0.15, 0.2) is 5.78 Å². The predicted octanol–water partition coefficient (Wildman–Crippen LogP) is 0.412. The number of rotatable bonds is 4. The van der Waals surface area contributed by atoms with E-state index in [1.54, 1.807) is 0 Å². The minimum absolute atomic E-state index is 0.301. The maximum Gasteiger partial charge on any atom is 0.157 e. The van der Waals surface area contributed by atoms with E-state index in [4.69, 9.17) is 0 Å². The molecule has 0 amide bonds. The molecule has 0 spiro atoms. The van der Waals surface area contributed by atoms with Crippen LogP contribution in [0.4, 0.5) is 0 Å². The maximum atomic E-state index is 11.2. The van der Waals surface area contributed by atoms with Crippen LogP contribution in [0.5, 0.6) is 0 Å². The Bertz CT molecular complexity index is 304. The lowest BCUT2D eigenvalue weighted by Crippen LogP contribution is -2.47. The molecule has 4 nitrogen and oxygen atoms in total. The van der Waals surface area contributed by atoms with Crippen LogP contribution in [0.1, 0.15) is 12.8 Å². The Balaban J connectivity index is 1.74. The minimum atomic E-state index is 0.301. The quantitative estimate of drug-likeness (QED) is 0.708. The Morgan fingerprint density at radius 1 is 1.18 bits per heavy atom. The van der Waals surface area contributed by atoms with E-state index < -0.39 is 0 Å². The van der Waals surface area contributed by atoms with Crippen LogP contribution >= 0.6 is 0 Å². The van der Waals surface area contributed by atoms with Crippen LogP contribution in [0.2, 0.25) is 0 Å². The molecule has 1 saturated heterocycles. The molecule has 0 aromatic carbocycles. The third-order valence-corrected chi connectivity index (χ3v) is 3.60. The first-order valence-corrected chi connectivity index (χ1v) is 6.50. The summed E-state index contributed by atoms with van der Waals surface area (Å²) in [7, 11) is 4.23. The lowest BCUT2D eigenvalue weighted by Gasteiger charge is -2.37. The number of ketones is 1. The SMILES string of the molecule is CN(C)CCN1CCN(C2=CC(=O)CC2)CC1. The molecule has 0 radical (unpaired) electrons. The Kier molecular flexibility index (Phi) is 4.18.